The average molecular weight is 402 g/mol. The molecule has 0 aliphatic carbocycles. The summed E-state index contributed by atoms with van der Waals surface area (Å²) < 4.78 is 16.5. The van der Waals surface area contributed by atoms with E-state index in [-0.39, 0.29) is 17.0 Å². The van der Waals surface area contributed by atoms with Crippen LogP contribution >= 0.6 is 0 Å². The maximum atomic E-state index is 12.7. The highest BCUT2D eigenvalue weighted by Crippen LogP contribution is 2.37. The monoisotopic (exact) mass is 402 g/mol. The van der Waals surface area contributed by atoms with Crippen molar-refractivity contribution in [3.05, 3.63) is 88.6 Å². The van der Waals surface area contributed by atoms with Crippen molar-refractivity contribution in [1.82, 2.24) is 0 Å². The first-order valence-electron chi connectivity index (χ1n) is 9.67. The maximum absolute atomic E-state index is 12.7. The number of carbonyl (C=O) groups excluding carboxylic acids is 2. The number of benzene rings is 2. The standard InChI is InChI=1S/C25H22O5/c1-15-12-19(29-24(27)16-7-9-17(10-8-16)25(2,3)4)14-20-22(15)23(26)21(30-20)13-18-6-5-11-28-18/h5-14H,1-4H3/b21-13-. The number of Topliss-reactive ketones (excluding diaryl/α,β-unsaturated/α-hetero) is 1. The van der Waals surface area contributed by atoms with E-state index in [1.165, 1.54) is 6.26 Å². The highest BCUT2D eigenvalue weighted by atomic mass is 16.5. The minimum absolute atomic E-state index is 0.00424. The van der Waals surface area contributed by atoms with Crippen LogP contribution in [-0.4, -0.2) is 11.8 Å². The number of aryl methyl sites for hydroxylation is 1. The quantitative estimate of drug-likeness (QED) is 0.318. The summed E-state index contributed by atoms with van der Waals surface area (Å²) in [7, 11) is 0. The number of fused-ring (bicyclic) bond motifs is 1. The van der Waals surface area contributed by atoms with Crippen molar-refractivity contribution in [2.24, 2.45) is 0 Å². The van der Waals surface area contributed by atoms with E-state index < -0.39 is 5.97 Å². The SMILES string of the molecule is Cc1cc(OC(=O)c2ccc(C(C)(C)C)cc2)cc2c1C(=O)/C(=C/c1ccco1)O2. The highest BCUT2D eigenvalue weighted by molar-refractivity contribution is 6.15. The van der Waals surface area contributed by atoms with Crippen LogP contribution in [0.3, 0.4) is 0 Å². The van der Waals surface area contributed by atoms with Gasteiger partial charge >= 0.3 is 5.97 Å². The zero-order valence-electron chi connectivity index (χ0n) is 17.3. The molecule has 1 aliphatic heterocycles. The van der Waals surface area contributed by atoms with E-state index in [2.05, 4.69) is 20.8 Å². The summed E-state index contributed by atoms with van der Waals surface area (Å²) in [6.45, 7) is 8.13. The molecule has 4 rings (SSSR count). The molecule has 5 nitrogen and oxygen atoms in total. The van der Waals surface area contributed by atoms with Gasteiger partial charge in [0, 0.05) is 12.1 Å². The van der Waals surface area contributed by atoms with E-state index in [4.69, 9.17) is 13.9 Å². The second kappa shape index (κ2) is 7.34. The Morgan fingerprint density at radius 3 is 2.43 bits per heavy atom. The largest absolute Gasteiger partial charge is 0.465 e. The van der Waals surface area contributed by atoms with Crippen LogP contribution in [0.2, 0.25) is 0 Å². The van der Waals surface area contributed by atoms with Gasteiger partial charge < -0.3 is 13.9 Å². The minimum atomic E-state index is -0.467. The molecule has 1 aromatic heterocycles. The highest BCUT2D eigenvalue weighted by Gasteiger charge is 2.30. The van der Waals surface area contributed by atoms with Gasteiger partial charge in [0.15, 0.2) is 5.76 Å². The van der Waals surface area contributed by atoms with E-state index in [0.717, 1.165) is 5.56 Å². The lowest BCUT2D eigenvalue weighted by Gasteiger charge is -2.18. The number of allylic oxidation sites excluding steroid dienone is 1. The fraction of sp³-hybridized carbons (Fsp3) is 0.200. The third-order valence-electron chi connectivity index (χ3n) is 4.96. The van der Waals surface area contributed by atoms with Gasteiger partial charge in [-0.25, -0.2) is 4.79 Å². The topological polar surface area (TPSA) is 65.7 Å². The van der Waals surface area contributed by atoms with Gasteiger partial charge in [-0.15, -0.1) is 0 Å². The fourth-order valence-corrected chi connectivity index (χ4v) is 3.31. The van der Waals surface area contributed by atoms with Crippen molar-refractivity contribution < 1.29 is 23.5 Å². The number of ketones is 1. The van der Waals surface area contributed by atoms with Crippen LogP contribution in [0.25, 0.3) is 6.08 Å². The van der Waals surface area contributed by atoms with Gasteiger partial charge in [0.05, 0.1) is 17.4 Å². The van der Waals surface area contributed by atoms with Gasteiger partial charge in [0.1, 0.15) is 17.3 Å². The number of hydrogen-bond acceptors (Lipinski definition) is 5. The lowest BCUT2D eigenvalue weighted by atomic mass is 9.87. The van der Waals surface area contributed by atoms with Gasteiger partial charge in [-0.1, -0.05) is 32.9 Å². The zero-order chi connectivity index (χ0) is 21.5. The molecular weight excluding hydrogens is 380 g/mol. The zero-order valence-corrected chi connectivity index (χ0v) is 17.3. The normalized spacial score (nSPS) is 14.5. The van der Waals surface area contributed by atoms with Crippen LogP contribution in [0, 0.1) is 6.92 Å². The summed E-state index contributed by atoms with van der Waals surface area (Å²) in [6, 6.07) is 14.1. The Morgan fingerprint density at radius 2 is 1.80 bits per heavy atom. The van der Waals surface area contributed by atoms with Crippen molar-refractivity contribution >= 4 is 17.8 Å². The molecule has 2 heterocycles. The van der Waals surface area contributed by atoms with Crippen molar-refractivity contribution in [3.63, 3.8) is 0 Å². The van der Waals surface area contributed by atoms with Crippen LogP contribution in [0.4, 0.5) is 0 Å². The molecule has 152 valence electrons. The first kappa shape index (κ1) is 19.7. The molecule has 0 fully saturated rings. The van der Waals surface area contributed by atoms with Crippen LogP contribution in [-0.2, 0) is 5.41 Å². The predicted octanol–water partition coefficient (Wildman–Crippen LogP) is 5.72. The molecule has 0 atom stereocenters. The summed E-state index contributed by atoms with van der Waals surface area (Å²) in [5.74, 6) is 0.686. The van der Waals surface area contributed by atoms with Crippen LogP contribution in [0.5, 0.6) is 11.5 Å². The molecule has 0 radical (unpaired) electrons. The fourth-order valence-electron chi connectivity index (χ4n) is 3.31. The molecule has 0 saturated carbocycles. The Labute approximate surface area is 174 Å². The Balaban J connectivity index is 1.56. The van der Waals surface area contributed by atoms with Crippen LogP contribution in [0.1, 0.15) is 58.4 Å². The van der Waals surface area contributed by atoms with E-state index in [1.54, 1.807) is 49.4 Å². The van der Waals surface area contributed by atoms with E-state index in [0.29, 0.717) is 33.9 Å². The molecule has 0 spiro atoms. The molecule has 5 heteroatoms. The third-order valence-corrected chi connectivity index (χ3v) is 4.96. The molecule has 0 N–H and O–H groups in total. The summed E-state index contributed by atoms with van der Waals surface area (Å²) in [6.07, 6.45) is 3.07. The van der Waals surface area contributed by atoms with E-state index >= 15 is 0 Å². The summed E-state index contributed by atoms with van der Waals surface area (Å²) >= 11 is 0. The molecular formula is C25H22O5. The second-order valence-corrected chi connectivity index (χ2v) is 8.29. The molecule has 1 aliphatic rings. The molecule has 0 bridgehead atoms. The van der Waals surface area contributed by atoms with Gasteiger partial charge in [-0.3, -0.25) is 4.79 Å². The van der Waals surface area contributed by atoms with Gasteiger partial charge in [0.25, 0.3) is 0 Å². The Bertz CT molecular complexity index is 1140. The van der Waals surface area contributed by atoms with Gasteiger partial charge in [0.2, 0.25) is 5.78 Å². The van der Waals surface area contributed by atoms with Crippen molar-refractivity contribution in [3.8, 4) is 11.5 Å². The second-order valence-electron chi connectivity index (χ2n) is 8.29. The molecule has 0 amide bonds. The first-order valence-corrected chi connectivity index (χ1v) is 9.67. The van der Waals surface area contributed by atoms with E-state index in [9.17, 15) is 9.59 Å². The van der Waals surface area contributed by atoms with Crippen molar-refractivity contribution in [2.45, 2.75) is 33.1 Å². The number of rotatable bonds is 3. The Morgan fingerprint density at radius 1 is 1.07 bits per heavy atom. The Kier molecular flexibility index (Phi) is 4.82. The van der Waals surface area contributed by atoms with Crippen molar-refractivity contribution in [1.29, 1.82) is 0 Å². The van der Waals surface area contributed by atoms with Crippen LogP contribution < -0.4 is 9.47 Å². The molecule has 2 aromatic carbocycles. The molecule has 0 saturated heterocycles. The average Bonchev–Trinajstić information content (AvgIpc) is 3.30. The van der Waals surface area contributed by atoms with Gasteiger partial charge in [-0.05, 0) is 53.8 Å². The lowest BCUT2D eigenvalue weighted by molar-refractivity contribution is 0.0734. The third kappa shape index (κ3) is 3.79. The molecule has 3 aromatic rings. The smallest absolute Gasteiger partial charge is 0.343 e. The van der Waals surface area contributed by atoms with Gasteiger partial charge in [-0.2, -0.15) is 0 Å². The Hall–Kier alpha value is -3.60. The predicted molar refractivity (Wildman–Crippen MR) is 113 cm³/mol. The van der Waals surface area contributed by atoms with Crippen molar-refractivity contribution in [2.75, 3.05) is 0 Å². The maximum Gasteiger partial charge on any atom is 0.343 e. The number of carbonyl (C=O) groups is 2. The minimum Gasteiger partial charge on any atom is -0.465 e. The number of hydrogen-bond donors (Lipinski definition) is 0. The lowest BCUT2D eigenvalue weighted by Crippen LogP contribution is -2.13. The number of esters is 1. The summed E-state index contributed by atoms with van der Waals surface area (Å²) in [5.41, 5.74) is 2.73. The number of furan rings is 1. The summed E-state index contributed by atoms with van der Waals surface area (Å²) in [5, 5.41) is 0. The molecule has 30 heavy (non-hydrogen) atoms. The van der Waals surface area contributed by atoms with Crippen LogP contribution in [0.15, 0.2) is 65.0 Å². The first-order chi connectivity index (χ1) is 14.2. The number of ether oxygens (including phenoxy) is 2. The van der Waals surface area contributed by atoms with E-state index in [1.807, 2.05) is 12.1 Å². The molecule has 0 unspecified atom stereocenters. The summed E-state index contributed by atoms with van der Waals surface area (Å²) in [4.78, 5) is 25.2.